The van der Waals surface area contributed by atoms with Crippen molar-refractivity contribution in [3.8, 4) is 0 Å². The monoisotopic (exact) mass is 392 g/mol. The maximum Gasteiger partial charge on any atom is 0.318 e. The summed E-state index contributed by atoms with van der Waals surface area (Å²) in [5, 5.41) is 2.98. The first-order valence-corrected chi connectivity index (χ1v) is 10.7. The average molecular weight is 393 g/mol. The van der Waals surface area contributed by atoms with Crippen LogP contribution >= 0.6 is 11.8 Å². The Balaban J connectivity index is 1.54. The molecule has 2 saturated heterocycles. The van der Waals surface area contributed by atoms with Gasteiger partial charge < -0.3 is 20.0 Å². The molecule has 3 heterocycles. The number of urea groups is 1. The number of thioether (sulfide) groups is 1. The predicted molar refractivity (Wildman–Crippen MR) is 107 cm³/mol. The van der Waals surface area contributed by atoms with Gasteiger partial charge in [0.15, 0.2) is 0 Å². The summed E-state index contributed by atoms with van der Waals surface area (Å²) in [5.41, 5.74) is 0. The van der Waals surface area contributed by atoms with Gasteiger partial charge >= 0.3 is 6.03 Å². The van der Waals surface area contributed by atoms with Crippen LogP contribution in [0.2, 0.25) is 0 Å². The van der Waals surface area contributed by atoms with Crippen LogP contribution in [0.3, 0.4) is 0 Å². The largest absolute Gasteiger partial charge is 0.339 e. The van der Waals surface area contributed by atoms with E-state index in [1.807, 2.05) is 30.5 Å². The number of carbonyl (C=O) groups excluding carboxylic acids is 2. The number of amides is 3. The van der Waals surface area contributed by atoms with Crippen LogP contribution in [0.15, 0.2) is 18.5 Å². The summed E-state index contributed by atoms with van der Waals surface area (Å²) in [7, 11) is 0. The second-order valence-corrected chi connectivity index (χ2v) is 8.36. The van der Waals surface area contributed by atoms with Crippen LogP contribution < -0.4 is 10.2 Å². The van der Waals surface area contributed by atoms with Gasteiger partial charge in [-0.25, -0.2) is 14.8 Å². The van der Waals surface area contributed by atoms with Crippen molar-refractivity contribution < 1.29 is 9.59 Å². The second-order valence-electron chi connectivity index (χ2n) is 7.13. The molecule has 1 aromatic heterocycles. The van der Waals surface area contributed by atoms with E-state index in [2.05, 4.69) is 20.2 Å². The van der Waals surface area contributed by atoms with Crippen LogP contribution in [0, 0.1) is 5.92 Å². The molecule has 0 bridgehead atoms. The summed E-state index contributed by atoms with van der Waals surface area (Å²) in [6.45, 7) is 8.02. The maximum absolute atomic E-state index is 12.9. The van der Waals surface area contributed by atoms with Crippen molar-refractivity contribution in [1.29, 1.82) is 0 Å². The molecule has 9 heteroatoms. The SMILES string of the molecule is CC(C)[C@@H](NC(=O)N1CCN(c2ncccn2)CC1)C(=O)N1CCSCC1. The van der Waals surface area contributed by atoms with Crippen LogP contribution in [0.25, 0.3) is 0 Å². The van der Waals surface area contributed by atoms with Gasteiger partial charge in [-0.3, -0.25) is 4.79 Å². The molecule has 0 radical (unpaired) electrons. The normalized spacial score (nSPS) is 19.1. The van der Waals surface area contributed by atoms with Gasteiger partial charge in [0, 0.05) is 63.2 Å². The van der Waals surface area contributed by atoms with Gasteiger partial charge in [-0.1, -0.05) is 13.8 Å². The fraction of sp³-hybridized carbons (Fsp3) is 0.667. The molecule has 148 valence electrons. The molecule has 1 atom stereocenters. The topological polar surface area (TPSA) is 81.7 Å². The zero-order valence-electron chi connectivity index (χ0n) is 16.0. The summed E-state index contributed by atoms with van der Waals surface area (Å²) in [6, 6.07) is 1.15. The van der Waals surface area contributed by atoms with Gasteiger partial charge in [-0.2, -0.15) is 11.8 Å². The number of aromatic nitrogens is 2. The standard InChI is InChI=1S/C18H28N6O2S/c1-14(2)15(16(25)22-10-12-27-13-11-22)21-18(26)24-8-6-23(7-9-24)17-19-4-3-5-20-17/h3-5,14-15H,6-13H2,1-2H3,(H,21,26)/t15-/m1/s1. The third-order valence-corrected chi connectivity index (χ3v) is 5.88. The molecule has 2 aliphatic heterocycles. The van der Waals surface area contributed by atoms with Crippen LogP contribution in [-0.2, 0) is 4.79 Å². The summed E-state index contributed by atoms with van der Waals surface area (Å²) in [4.78, 5) is 39.8. The smallest absolute Gasteiger partial charge is 0.318 e. The van der Waals surface area contributed by atoms with E-state index in [0.717, 1.165) is 24.6 Å². The molecule has 2 aliphatic rings. The first-order valence-electron chi connectivity index (χ1n) is 9.50. The highest BCUT2D eigenvalue weighted by Crippen LogP contribution is 2.14. The summed E-state index contributed by atoms with van der Waals surface area (Å²) >= 11 is 1.87. The van der Waals surface area contributed by atoms with E-state index in [1.165, 1.54) is 0 Å². The van der Waals surface area contributed by atoms with Gasteiger partial charge in [-0.05, 0) is 12.0 Å². The predicted octanol–water partition coefficient (Wildman–Crippen LogP) is 0.908. The van der Waals surface area contributed by atoms with Crippen LogP contribution in [0.1, 0.15) is 13.8 Å². The van der Waals surface area contributed by atoms with Crippen molar-refractivity contribution in [1.82, 2.24) is 25.1 Å². The number of rotatable bonds is 4. The molecule has 0 aromatic carbocycles. The lowest BCUT2D eigenvalue weighted by atomic mass is 10.0. The number of nitrogens with one attached hydrogen (secondary N) is 1. The molecule has 0 unspecified atom stereocenters. The van der Waals surface area contributed by atoms with Crippen LogP contribution in [0.4, 0.5) is 10.7 Å². The minimum absolute atomic E-state index is 0.0370. The third kappa shape index (κ3) is 5.03. The van der Waals surface area contributed by atoms with Gasteiger partial charge in [0.2, 0.25) is 11.9 Å². The zero-order valence-corrected chi connectivity index (χ0v) is 16.8. The fourth-order valence-electron chi connectivity index (χ4n) is 3.28. The first kappa shape index (κ1) is 19.7. The number of nitrogens with zero attached hydrogens (tertiary/aromatic N) is 5. The molecule has 3 amide bonds. The Morgan fingerprint density at radius 3 is 2.22 bits per heavy atom. The fourth-order valence-corrected chi connectivity index (χ4v) is 4.19. The van der Waals surface area contributed by atoms with Crippen molar-refractivity contribution in [2.24, 2.45) is 5.92 Å². The highest BCUT2D eigenvalue weighted by Gasteiger charge is 2.31. The number of carbonyl (C=O) groups is 2. The van der Waals surface area contributed by atoms with E-state index in [1.54, 1.807) is 23.4 Å². The Kier molecular flexibility index (Phi) is 6.76. The highest BCUT2D eigenvalue weighted by atomic mass is 32.2. The van der Waals surface area contributed by atoms with Gasteiger partial charge in [0.1, 0.15) is 6.04 Å². The molecule has 8 nitrogen and oxygen atoms in total. The van der Waals surface area contributed by atoms with E-state index in [4.69, 9.17) is 0 Å². The van der Waals surface area contributed by atoms with E-state index < -0.39 is 6.04 Å². The maximum atomic E-state index is 12.9. The van der Waals surface area contributed by atoms with Crippen LogP contribution in [0.5, 0.6) is 0 Å². The van der Waals surface area contributed by atoms with Crippen molar-refractivity contribution in [2.75, 3.05) is 55.7 Å². The highest BCUT2D eigenvalue weighted by molar-refractivity contribution is 7.99. The lowest BCUT2D eigenvalue weighted by molar-refractivity contribution is -0.133. The van der Waals surface area contributed by atoms with Crippen molar-refractivity contribution >= 4 is 29.6 Å². The van der Waals surface area contributed by atoms with E-state index in [0.29, 0.717) is 32.1 Å². The van der Waals surface area contributed by atoms with Crippen molar-refractivity contribution in [3.63, 3.8) is 0 Å². The Morgan fingerprint density at radius 2 is 1.63 bits per heavy atom. The summed E-state index contributed by atoms with van der Waals surface area (Å²) in [6.07, 6.45) is 3.44. The number of anilines is 1. The third-order valence-electron chi connectivity index (χ3n) is 4.94. The molecule has 2 fully saturated rings. The van der Waals surface area contributed by atoms with E-state index in [-0.39, 0.29) is 17.9 Å². The number of hydrogen-bond donors (Lipinski definition) is 1. The Bertz CT molecular complexity index is 630. The summed E-state index contributed by atoms with van der Waals surface area (Å²) in [5.74, 6) is 2.71. The molecule has 0 spiro atoms. The Labute approximate surface area is 164 Å². The lowest BCUT2D eigenvalue weighted by Crippen LogP contribution is -2.58. The molecular formula is C18H28N6O2S. The molecular weight excluding hydrogens is 364 g/mol. The Hall–Kier alpha value is -2.03. The average Bonchev–Trinajstić information content (AvgIpc) is 2.72. The number of hydrogen-bond acceptors (Lipinski definition) is 6. The van der Waals surface area contributed by atoms with Crippen LogP contribution in [-0.4, -0.2) is 88.5 Å². The lowest BCUT2D eigenvalue weighted by Gasteiger charge is -2.37. The molecule has 0 saturated carbocycles. The second kappa shape index (κ2) is 9.25. The summed E-state index contributed by atoms with van der Waals surface area (Å²) < 4.78 is 0. The van der Waals surface area contributed by atoms with Crippen molar-refractivity contribution in [3.05, 3.63) is 18.5 Å². The van der Waals surface area contributed by atoms with E-state index >= 15 is 0 Å². The van der Waals surface area contributed by atoms with E-state index in [9.17, 15) is 9.59 Å². The molecule has 27 heavy (non-hydrogen) atoms. The molecule has 1 aromatic rings. The molecule has 3 rings (SSSR count). The molecule has 0 aliphatic carbocycles. The van der Waals surface area contributed by atoms with Gasteiger partial charge in [-0.15, -0.1) is 0 Å². The minimum Gasteiger partial charge on any atom is -0.339 e. The quantitative estimate of drug-likeness (QED) is 0.820. The first-order chi connectivity index (χ1) is 13.1. The Morgan fingerprint density at radius 1 is 1.00 bits per heavy atom. The van der Waals surface area contributed by atoms with Crippen molar-refractivity contribution in [2.45, 2.75) is 19.9 Å². The minimum atomic E-state index is -0.476. The molecule has 1 N–H and O–H groups in total. The van der Waals surface area contributed by atoms with Gasteiger partial charge in [0.05, 0.1) is 0 Å². The van der Waals surface area contributed by atoms with Gasteiger partial charge in [0.25, 0.3) is 0 Å². The zero-order chi connectivity index (χ0) is 19.2. The number of piperazine rings is 1.